The third-order valence-electron chi connectivity index (χ3n) is 2.82. The molecule has 13 heavy (non-hydrogen) atoms. The molecule has 2 aliphatic heterocycles. The second kappa shape index (κ2) is 4.37. The summed E-state index contributed by atoms with van der Waals surface area (Å²) in [4.78, 5) is 5.17. The van der Waals surface area contributed by atoms with Crippen LogP contribution in [0.5, 0.6) is 0 Å². The number of piperidine rings is 1. The zero-order valence-electron chi connectivity index (χ0n) is 8.16. The van der Waals surface area contributed by atoms with Crippen LogP contribution < -0.4 is 5.32 Å². The summed E-state index contributed by atoms with van der Waals surface area (Å²) in [7, 11) is 1.74. The highest BCUT2D eigenvalue weighted by Crippen LogP contribution is 2.12. The van der Waals surface area contributed by atoms with E-state index in [0.717, 1.165) is 26.3 Å². The predicted octanol–water partition coefficient (Wildman–Crippen LogP) is 0.000600. The Morgan fingerprint density at radius 3 is 2.38 bits per heavy atom. The van der Waals surface area contributed by atoms with Gasteiger partial charge in [-0.15, -0.1) is 0 Å². The maximum absolute atomic E-state index is 5.17. The fourth-order valence-corrected chi connectivity index (χ4v) is 1.87. The second-order valence-corrected chi connectivity index (χ2v) is 3.79. The van der Waals surface area contributed by atoms with Gasteiger partial charge in [-0.05, 0) is 12.8 Å². The van der Waals surface area contributed by atoms with Gasteiger partial charge in [-0.1, -0.05) is 0 Å². The molecule has 2 rings (SSSR count). The smallest absolute Gasteiger partial charge is 0.0643 e. The average molecular weight is 186 g/mol. The van der Waals surface area contributed by atoms with E-state index >= 15 is 0 Å². The lowest BCUT2D eigenvalue weighted by Crippen LogP contribution is -2.53. The van der Waals surface area contributed by atoms with Crippen LogP contribution in [0.4, 0.5) is 0 Å². The molecule has 2 fully saturated rings. The first-order valence-corrected chi connectivity index (χ1v) is 5.01. The number of nitrogens with one attached hydrogen (secondary N) is 1. The van der Waals surface area contributed by atoms with Gasteiger partial charge in [0, 0.05) is 19.1 Å². The van der Waals surface area contributed by atoms with Crippen LogP contribution in [0.15, 0.2) is 0 Å². The summed E-state index contributed by atoms with van der Waals surface area (Å²) in [5.74, 6) is 0. The minimum atomic E-state index is 0.610. The van der Waals surface area contributed by atoms with Crippen LogP contribution in [-0.2, 0) is 9.57 Å². The first-order chi connectivity index (χ1) is 6.38. The molecule has 0 aromatic rings. The van der Waals surface area contributed by atoms with E-state index in [1.54, 1.807) is 7.11 Å². The Morgan fingerprint density at radius 2 is 1.92 bits per heavy atom. The van der Waals surface area contributed by atoms with Crippen LogP contribution in [0.3, 0.4) is 0 Å². The Morgan fingerprint density at radius 1 is 1.23 bits per heavy atom. The van der Waals surface area contributed by atoms with Crippen molar-refractivity contribution in [2.24, 2.45) is 0 Å². The van der Waals surface area contributed by atoms with Gasteiger partial charge in [0.2, 0.25) is 0 Å². The fraction of sp³-hybridized carbons (Fsp3) is 1.00. The van der Waals surface area contributed by atoms with Crippen molar-refractivity contribution in [1.29, 1.82) is 0 Å². The van der Waals surface area contributed by atoms with Crippen LogP contribution in [0.25, 0.3) is 0 Å². The number of rotatable bonds is 3. The lowest BCUT2D eigenvalue weighted by Gasteiger charge is -2.36. The van der Waals surface area contributed by atoms with E-state index < -0.39 is 0 Å². The van der Waals surface area contributed by atoms with Crippen LogP contribution in [0.2, 0.25) is 0 Å². The SMILES string of the molecule is CON1CCC(NC2COC2)CC1. The van der Waals surface area contributed by atoms with E-state index in [0.29, 0.717) is 12.1 Å². The van der Waals surface area contributed by atoms with Gasteiger partial charge in [0.1, 0.15) is 0 Å². The molecule has 0 saturated carbocycles. The highest BCUT2D eigenvalue weighted by atomic mass is 16.7. The summed E-state index contributed by atoms with van der Waals surface area (Å²) in [6.45, 7) is 3.87. The van der Waals surface area contributed by atoms with Crippen LogP contribution in [0.1, 0.15) is 12.8 Å². The summed E-state index contributed by atoms with van der Waals surface area (Å²) < 4.78 is 5.12. The van der Waals surface area contributed by atoms with E-state index in [4.69, 9.17) is 9.57 Å². The molecule has 0 unspecified atom stereocenters. The Balaban J connectivity index is 1.65. The van der Waals surface area contributed by atoms with Crippen LogP contribution in [-0.4, -0.2) is 50.6 Å². The molecule has 0 aliphatic carbocycles. The van der Waals surface area contributed by atoms with Crippen molar-refractivity contribution in [1.82, 2.24) is 10.4 Å². The van der Waals surface area contributed by atoms with E-state index in [9.17, 15) is 0 Å². The Bertz CT molecular complexity index is 154. The predicted molar refractivity (Wildman–Crippen MR) is 49.3 cm³/mol. The Hall–Kier alpha value is -0.160. The summed E-state index contributed by atoms with van der Waals surface area (Å²) >= 11 is 0. The standard InChI is InChI=1S/C9H18N2O2/c1-12-11-4-2-8(3-5-11)10-9-6-13-7-9/h8-10H,2-7H2,1H3. The van der Waals surface area contributed by atoms with Gasteiger partial charge in [0.05, 0.1) is 26.4 Å². The zero-order valence-corrected chi connectivity index (χ0v) is 8.16. The number of ether oxygens (including phenoxy) is 1. The zero-order chi connectivity index (χ0) is 9.10. The highest BCUT2D eigenvalue weighted by molar-refractivity contribution is 4.81. The largest absolute Gasteiger partial charge is 0.378 e. The number of hydrogen-bond donors (Lipinski definition) is 1. The molecule has 0 bridgehead atoms. The molecule has 4 heteroatoms. The third-order valence-corrected chi connectivity index (χ3v) is 2.82. The summed E-state index contributed by atoms with van der Waals surface area (Å²) in [6.07, 6.45) is 2.37. The molecule has 0 spiro atoms. The molecule has 0 radical (unpaired) electrons. The molecule has 1 N–H and O–H groups in total. The van der Waals surface area contributed by atoms with Crippen molar-refractivity contribution < 1.29 is 9.57 Å². The maximum Gasteiger partial charge on any atom is 0.0643 e. The monoisotopic (exact) mass is 186 g/mol. The molecule has 76 valence electrons. The van der Waals surface area contributed by atoms with E-state index in [-0.39, 0.29) is 0 Å². The Labute approximate surface area is 79.1 Å². The topological polar surface area (TPSA) is 33.7 Å². The molecule has 0 amide bonds. The van der Waals surface area contributed by atoms with E-state index in [1.165, 1.54) is 12.8 Å². The third kappa shape index (κ3) is 2.40. The van der Waals surface area contributed by atoms with Gasteiger partial charge < -0.3 is 14.9 Å². The van der Waals surface area contributed by atoms with Gasteiger partial charge in [0.25, 0.3) is 0 Å². The molecule has 0 atom stereocenters. The summed E-state index contributed by atoms with van der Waals surface area (Å²) in [5, 5.41) is 5.62. The summed E-state index contributed by atoms with van der Waals surface area (Å²) in [6, 6.07) is 1.28. The molecular formula is C9H18N2O2. The van der Waals surface area contributed by atoms with Gasteiger partial charge in [-0.3, -0.25) is 0 Å². The minimum absolute atomic E-state index is 0.610. The number of hydroxylamine groups is 2. The quantitative estimate of drug-likeness (QED) is 0.672. The lowest BCUT2D eigenvalue weighted by molar-refractivity contribution is -0.146. The maximum atomic E-state index is 5.17. The number of hydrogen-bond acceptors (Lipinski definition) is 4. The van der Waals surface area contributed by atoms with Crippen molar-refractivity contribution in [3.63, 3.8) is 0 Å². The van der Waals surface area contributed by atoms with Crippen LogP contribution in [0, 0.1) is 0 Å². The molecule has 2 heterocycles. The number of nitrogens with zero attached hydrogens (tertiary/aromatic N) is 1. The molecule has 2 saturated heterocycles. The first kappa shape index (κ1) is 9.40. The van der Waals surface area contributed by atoms with Gasteiger partial charge >= 0.3 is 0 Å². The Kier molecular flexibility index (Phi) is 3.16. The van der Waals surface area contributed by atoms with Crippen LogP contribution >= 0.6 is 0 Å². The minimum Gasteiger partial charge on any atom is -0.378 e. The van der Waals surface area contributed by atoms with Crippen molar-refractivity contribution in [2.45, 2.75) is 24.9 Å². The normalized spacial score (nSPS) is 27.5. The molecule has 0 aromatic heterocycles. The van der Waals surface area contributed by atoms with E-state index in [2.05, 4.69) is 5.32 Å². The van der Waals surface area contributed by atoms with Gasteiger partial charge in [-0.2, -0.15) is 5.06 Å². The van der Waals surface area contributed by atoms with Crippen molar-refractivity contribution in [3.05, 3.63) is 0 Å². The fourth-order valence-electron chi connectivity index (χ4n) is 1.87. The van der Waals surface area contributed by atoms with Gasteiger partial charge in [-0.25, -0.2) is 0 Å². The van der Waals surface area contributed by atoms with Crippen molar-refractivity contribution >= 4 is 0 Å². The molecule has 4 nitrogen and oxygen atoms in total. The molecule has 0 aromatic carbocycles. The second-order valence-electron chi connectivity index (χ2n) is 3.79. The molecule has 2 aliphatic rings. The first-order valence-electron chi connectivity index (χ1n) is 5.01. The highest BCUT2D eigenvalue weighted by Gasteiger charge is 2.24. The van der Waals surface area contributed by atoms with Crippen molar-refractivity contribution in [2.75, 3.05) is 33.4 Å². The summed E-state index contributed by atoms with van der Waals surface area (Å²) in [5.41, 5.74) is 0. The van der Waals surface area contributed by atoms with Crippen molar-refractivity contribution in [3.8, 4) is 0 Å². The van der Waals surface area contributed by atoms with Gasteiger partial charge in [0.15, 0.2) is 0 Å². The average Bonchev–Trinajstić information content (AvgIpc) is 2.12. The van der Waals surface area contributed by atoms with E-state index in [1.807, 2.05) is 5.06 Å². The lowest BCUT2D eigenvalue weighted by atomic mass is 10.0. The molecular weight excluding hydrogens is 168 g/mol.